The van der Waals surface area contributed by atoms with Crippen molar-refractivity contribution in [2.24, 2.45) is 0 Å². The molecule has 174 valence electrons. The van der Waals surface area contributed by atoms with Gasteiger partial charge in [0.25, 0.3) is 5.91 Å². The van der Waals surface area contributed by atoms with Crippen molar-refractivity contribution in [3.05, 3.63) is 65.2 Å². The first-order valence-corrected chi connectivity index (χ1v) is 12.5. The number of fused-ring (bicyclic) bond motifs is 1. The van der Waals surface area contributed by atoms with E-state index < -0.39 is 5.54 Å². The normalized spacial score (nSPS) is 22.3. The molecule has 1 aliphatic heterocycles. The highest BCUT2D eigenvalue weighted by molar-refractivity contribution is 6.02. The predicted molar refractivity (Wildman–Crippen MR) is 128 cm³/mol. The lowest BCUT2D eigenvalue weighted by Crippen LogP contribution is -2.63. The van der Waals surface area contributed by atoms with Crippen LogP contribution in [0, 0.1) is 0 Å². The molecule has 0 saturated heterocycles. The Hall–Kier alpha value is -2.82. The number of carbonyl (C=O) groups is 2. The maximum Gasteiger partial charge on any atom is 0.254 e. The van der Waals surface area contributed by atoms with Gasteiger partial charge in [-0.15, -0.1) is 0 Å². The minimum atomic E-state index is -0.418. The van der Waals surface area contributed by atoms with Crippen LogP contribution in [0.5, 0.6) is 5.75 Å². The van der Waals surface area contributed by atoms with E-state index in [9.17, 15) is 9.59 Å². The molecule has 33 heavy (non-hydrogen) atoms. The van der Waals surface area contributed by atoms with Crippen molar-refractivity contribution in [2.75, 3.05) is 7.11 Å². The molecule has 3 aliphatic rings. The maximum atomic E-state index is 13.9. The first-order valence-electron chi connectivity index (χ1n) is 12.5. The van der Waals surface area contributed by atoms with Crippen LogP contribution in [-0.2, 0) is 11.3 Å². The fourth-order valence-electron chi connectivity index (χ4n) is 6.61. The number of methoxy groups -OCH3 is 1. The molecule has 2 aromatic carbocycles. The van der Waals surface area contributed by atoms with Gasteiger partial charge in [0, 0.05) is 23.7 Å². The Kier molecular flexibility index (Phi) is 6.13. The number of benzene rings is 2. The highest BCUT2D eigenvalue weighted by Gasteiger charge is 2.57. The molecule has 1 atom stereocenters. The van der Waals surface area contributed by atoms with Gasteiger partial charge in [0.1, 0.15) is 5.75 Å². The summed E-state index contributed by atoms with van der Waals surface area (Å²) in [6.07, 6.45) is 9.59. The van der Waals surface area contributed by atoms with Gasteiger partial charge in [-0.3, -0.25) is 9.59 Å². The molecule has 5 nitrogen and oxygen atoms in total. The molecule has 5 heteroatoms. The summed E-state index contributed by atoms with van der Waals surface area (Å²) >= 11 is 0. The van der Waals surface area contributed by atoms with E-state index in [0.717, 1.165) is 68.2 Å². The molecule has 0 radical (unpaired) electrons. The molecule has 0 aromatic heterocycles. The third-order valence-corrected chi connectivity index (χ3v) is 8.06. The van der Waals surface area contributed by atoms with E-state index in [1.165, 1.54) is 6.42 Å². The van der Waals surface area contributed by atoms with Crippen LogP contribution in [0.4, 0.5) is 0 Å². The molecule has 2 amide bonds. The quantitative estimate of drug-likeness (QED) is 0.687. The Morgan fingerprint density at radius 3 is 2.45 bits per heavy atom. The summed E-state index contributed by atoms with van der Waals surface area (Å²) in [6, 6.07) is 15.8. The van der Waals surface area contributed by atoms with Crippen molar-refractivity contribution in [1.29, 1.82) is 0 Å². The highest BCUT2D eigenvalue weighted by Crippen LogP contribution is 2.52. The molecule has 1 N–H and O–H groups in total. The third-order valence-electron chi connectivity index (χ3n) is 8.06. The number of nitrogens with one attached hydrogen (secondary N) is 1. The van der Waals surface area contributed by atoms with Crippen molar-refractivity contribution in [2.45, 2.75) is 81.8 Å². The minimum Gasteiger partial charge on any atom is -0.496 e. The van der Waals surface area contributed by atoms with E-state index in [1.807, 2.05) is 48.5 Å². The van der Waals surface area contributed by atoms with Crippen LogP contribution in [-0.4, -0.2) is 35.4 Å². The lowest BCUT2D eigenvalue weighted by atomic mass is 9.69. The van der Waals surface area contributed by atoms with Gasteiger partial charge < -0.3 is 15.0 Å². The first kappa shape index (κ1) is 22.0. The van der Waals surface area contributed by atoms with Crippen LogP contribution < -0.4 is 10.1 Å². The van der Waals surface area contributed by atoms with Gasteiger partial charge in [-0.25, -0.2) is 0 Å². The van der Waals surface area contributed by atoms with Crippen molar-refractivity contribution >= 4 is 11.8 Å². The fourth-order valence-corrected chi connectivity index (χ4v) is 6.61. The van der Waals surface area contributed by atoms with E-state index in [1.54, 1.807) is 7.11 Å². The molecular formula is C28H34N2O3. The molecule has 0 bridgehead atoms. The summed E-state index contributed by atoms with van der Waals surface area (Å²) in [7, 11) is 1.65. The van der Waals surface area contributed by atoms with Crippen molar-refractivity contribution in [3.63, 3.8) is 0 Å². The fraction of sp³-hybridized carbons (Fsp3) is 0.500. The summed E-state index contributed by atoms with van der Waals surface area (Å²) in [4.78, 5) is 30.0. The van der Waals surface area contributed by atoms with Crippen LogP contribution in [0.3, 0.4) is 0 Å². The van der Waals surface area contributed by atoms with Crippen LogP contribution in [0.25, 0.3) is 0 Å². The Labute approximate surface area is 196 Å². The number of hydrogen-bond donors (Lipinski definition) is 1. The number of rotatable bonds is 5. The Morgan fingerprint density at radius 2 is 1.70 bits per heavy atom. The van der Waals surface area contributed by atoms with E-state index in [-0.39, 0.29) is 23.8 Å². The van der Waals surface area contributed by atoms with E-state index in [2.05, 4.69) is 10.2 Å². The summed E-state index contributed by atoms with van der Waals surface area (Å²) < 4.78 is 5.48. The van der Waals surface area contributed by atoms with Crippen LogP contribution in [0.15, 0.2) is 48.5 Å². The second kappa shape index (κ2) is 9.20. The number of hydrogen-bond acceptors (Lipinski definition) is 3. The summed E-state index contributed by atoms with van der Waals surface area (Å²) in [5.74, 6) is 0.582. The lowest BCUT2D eigenvalue weighted by Gasteiger charge is -2.54. The van der Waals surface area contributed by atoms with Gasteiger partial charge in [-0.05, 0) is 43.4 Å². The van der Waals surface area contributed by atoms with Gasteiger partial charge in [0.05, 0.1) is 18.6 Å². The maximum absolute atomic E-state index is 13.9. The summed E-state index contributed by atoms with van der Waals surface area (Å²) in [5, 5.41) is 3.22. The molecule has 0 unspecified atom stereocenters. The number of para-hydroxylation sites is 1. The van der Waals surface area contributed by atoms with Crippen LogP contribution in [0.2, 0.25) is 0 Å². The largest absolute Gasteiger partial charge is 0.496 e. The number of carbonyl (C=O) groups excluding carboxylic acids is 2. The molecule has 2 aromatic rings. The standard InChI is InChI=1S/C28H34N2O3/c1-33-24-16-8-5-11-20(24)19-29-26(31)25-22-14-6-7-15-23(22)27(32)30(21-12-3-2-4-13-21)28(25)17-9-10-18-28/h5-8,11,14-16,21,25H,2-4,9-10,12-13,17-19H2,1H3,(H,29,31)/t25-/m1/s1. The second-order valence-electron chi connectivity index (χ2n) is 9.83. The average molecular weight is 447 g/mol. The topological polar surface area (TPSA) is 58.6 Å². The Bertz CT molecular complexity index is 1020. The van der Waals surface area contributed by atoms with E-state index >= 15 is 0 Å². The zero-order valence-electron chi connectivity index (χ0n) is 19.5. The van der Waals surface area contributed by atoms with Gasteiger partial charge in [-0.1, -0.05) is 68.5 Å². The minimum absolute atomic E-state index is 0.0172. The smallest absolute Gasteiger partial charge is 0.254 e. The lowest BCUT2D eigenvalue weighted by molar-refractivity contribution is -0.127. The monoisotopic (exact) mass is 446 g/mol. The molecule has 5 rings (SSSR count). The van der Waals surface area contributed by atoms with Crippen molar-refractivity contribution in [1.82, 2.24) is 10.2 Å². The van der Waals surface area contributed by atoms with Crippen LogP contribution in [0.1, 0.15) is 85.2 Å². The van der Waals surface area contributed by atoms with Gasteiger partial charge in [-0.2, -0.15) is 0 Å². The molecule has 2 saturated carbocycles. The highest BCUT2D eigenvalue weighted by atomic mass is 16.5. The average Bonchev–Trinajstić information content (AvgIpc) is 3.33. The van der Waals surface area contributed by atoms with Crippen molar-refractivity contribution < 1.29 is 14.3 Å². The van der Waals surface area contributed by atoms with E-state index in [0.29, 0.717) is 12.1 Å². The van der Waals surface area contributed by atoms with E-state index in [4.69, 9.17) is 4.74 Å². The van der Waals surface area contributed by atoms with Gasteiger partial charge in [0.15, 0.2) is 0 Å². The van der Waals surface area contributed by atoms with Gasteiger partial charge in [0.2, 0.25) is 5.91 Å². The Morgan fingerprint density at radius 1 is 1.00 bits per heavy atom. The molecule has 1 heterocycles. The second-order valence-corrected chi connectivity index (χ2v) is 9.83. The zero-order chi connectivity index (χ0) is 22.8. The van der Waals surface area contributed by atoms with Gasteiger partial charge >= 0.3 is 0 Å². The first-order chi connectivity index (χ1) is 16.2. The van der Waals surface area contributed by atoms with Crippen molar-refractivity contribution in [3.8, 4) is 5.75 Å². The predicted octanol–water partition coefficient (Wildman–Crippen LogP) is 5.20. The third kappa shape index (κ3) is 3.81. The molecule has 2 fully saturated rings. The molecule has 2 aliphatic carbocycles. The number of ether oxygens (including phenoxy) is 1. The SMILES string of the molecule is COc1ccccc1CNC(=O)[C@H]1c2ccccc2C(=O)N(C2CCCCC2)C12CCCC2. The summed E-state index contributed by atoms with van der Waals surface area (Å²) in [6.45, 7) is 0.412. The number of nitrogens with zero attached hydrogens (tertiary/aromatic N) is 1. The molecular weight excluding hydrogens is 412 g/mol. The van der Waals surface area contributed by atoms with Crippen LogP contribution >= 0.6 is 0 Å². The number of amides is 2. The molecule has 1 spiro atoms. The zero-order valence-corrected chi connectivity index (χ0v) is 19.5. The Balaban J connectivity index is 1.52. The summed E-state index contributed by atoms with van der Waals surface area (Å²) in [5.41, 5.74) is 2.14.